The van der Waals surface area contributed by atoms with Crippen molar-refractivity contribution >= 4 is 22.6 Å². The van der Waals surface area contributed by atoms with Gasteiger partial charge in [-0.05, 0) is 56.7 Å². The Morgan fingerprint density at radius 1 is 1.12 bits per heavy atom. The molecule has 26 heavy (non-hydrogen) atoms. The number of nitrogens with zero attached hydrogens (tertiary/aromatic N) is 2. The summed E-state index contributed by atoms with van der Waals surface area (Å²) in [5.41, 5.74) is 3.40. The Labute approximate surface area is 155 Å². The molecule has 0 radical (unpaired) electrons. The molecular formula is C20H17ClN2O3. The minimum absolute atomic E-state index is 0.0469. The molecule has 0 spiro atoms. The van der Waals surface area contributed by atoms with Crippen LogP contribution < -0.4 is 4.74 Å². The second-order valence-electron chi connectivity index (χ2n) is 6.33. The number of aromatic nitrogens is 2. The Bertz CT molecular complexity index is 1080. The van der Waals surface area contributed by atoms with Gasteiger partial charge in [-0.25, -0.2) is 0 Å². The number of fused-ring (bicyclic) bond motifs is 1. The van der Waals surface area contributed by atoms with Gasteiger partial charge >= 0.3 is 0 Å². The molecule has 132 valence electrons. The number of rotatable bonds is 4. The molecule has 0 aliphatic rings. The number of hydrogen-bond acceptors (Lipinski definition) is 5. The molecule has 0 N–H and O–H groups in total. The first-order valence-corrected chi connectivity index (χ1v) is 8.68. The lowest BCUT2D eigenvalue weighted by molar-refractivity contribution is 0.242. The fourth-order valence-corrected chi connectivity index (χ4v) is 3.04. The third-order valence-electron chi connectivity index (χ3n) is 4.04. The zero-order valence-electron chi connectivity index (χ0n) is 14.6. The average molecular weight is 369 g/mol. The van der Waals surface area contributed by atoms with Crippen LogP contribution in [0, 0.1) is 6.92 Å². The minimum Gasteiger partial charge on any atom is -0.489 e. The van der Waals surface area contributed by atoms with Gasteiger partial charge in [-0.1, -0.05) is 22.8 Å². The summed E-state index contributed by atoms with van der Waals surface area (Å²) < 4.78 is 16.7. The number of halogens is 1. The van der Waals surface area contributed by atoms with E-state index in [1.54, 1.807) is 18.4 Å². The van der Waals surface area contributed by atoms with Crippen LogP contribution in [0.3, 0.4) is 0 Å². The molecule has 0 bridgehead atoms. The quantitative estimate of drug-likeness (QED) is 0.448. The molecule has 0 amide bonds. The van der Waals surface area contributed by atoms with E-state index in [1.165, 1.54) is 0 Å². The third-order valence-corrected chi connectivity index (χ3v) is 4.34. The van der Waals surface area contributed by atoms with E-state index in [1.807, 2.05) is 45.0 Å². The van der Waals surface area contributed by atoms with Crippen LogP contribution in [-0.2, 0) is 0 Å². The van der Waals surface area contributed by atoms with Gasteiger partial charge in [-0.2, -0.15) is 4.98 Å². The second-order valence-corrected chi connectivity index (χ2v) is 6.74. The van der Waals surface area contributed by atoms with Crippen molar-refractivity contribution in [3.63, 3.8) is 0 Å². The fraction of sp³-hybridized carbons (Fsp3) is 0.200. The summed E-state index contributed by atoms with van der Waals surface area (Å²) >= 11 is 6.30. The van der Waals surface area contributed by atoms with Crippen molar-refractivity contribution in [3.8, 4) is 28.6 Å². The summed E-state index contributed by atoms with van der Waals surface area (Å²) in [4.78, 5) is 4.50. The smallest absolute Gasteiger partial charge is 0.258 e. The first kappa shape index (κ1) is 16.7. The highest BCUT2D eigenvalue weighted by Gasteiger charge is 2.17. The van der Waals surface area contributed by atoms with Crippen LogP contribution in [0.25, 0.3) is 33.8 Å². The third kappa shape index (κ3) is 2.95. The van der Waals surface area contributed by atoms with Crippen LogP contribution in [0.1, 0.15) is 19.4 Å². The number of furan rings is 1. The van der Waals surface area contributed by atoms with Crippen molar-refractivity contribution in [2.75, 3.05) is 0 Å². The Kier molecular flexibility index (Phi) is 4.17. The molecule has 0 saturated carbocycles. The van der Waals surface area contributed by atoms with Crippen molar-refractivity contribution < 1.29 is 13.7 Å². The van der Waals surface area contributed by atoms with Gasteiger partial charge in [0.15, 0.2) is 0 Å². The molecule has 2 aromatic heterocycles. The van der Waals surface area contributed by atoms with Gasteiger partial charge < -0.3 is 13.7 Å². The SMILES string of the molecule is Cc1ccc(-c2noc(-c3ccc(OC(C)C)c(Cl)c3)n2)c2occc12. The Balaban J connectivity index is 1.71. The van der Waals surface area contributed by atoms with E-state index in [9.17, 15) is 0 Å². The summed E-state index contributed by atoms with van der Waals surface area (Å²) in [7, 11) is 0. The highest BCUT2D eigenvalue weighted by molar-refractivity contribution is 6.32. The highest BCUT2D eigenvalue weighted by atomic mass is 35.5. The molecule has 4 rings (SSSR count). The lowest BCUT2D eigenvalue weighted by Gasteiger charge is -2.11. The van der Waals surface area contributed by atoms with Crippen LogP contribution in [-0.4, -0.2) is 16.2 Å². The molecule has 0 atom stereocenters. The van der Waals surface area contributed by atoms with Gasteiger partial charge in [-0.15, -0.1) is 0 Å². The van der Waals surface area contributed by atoms with Gasteiger partial charge in [0.1, 0.15) is 11.3 Å². The fourth-order valence-electron chi connectivity index (χ4n) is 2.81. The maximum absolute atomic E-state index is 6.30. The normalized spacial score (nSPS) is 11.4. The predicted octanol–water partition coefficient (Wildman–Crippen LogP) is 5.90. The lowest BCUT2D eigenvalue weighted by Crippen LogP contribution is -2.05. The van der Waals surface area contributed by atoms with Crippen molar-refractivity contribution in [2.24, 2.45) is 0 Å². The van der Waals surface area contributed by atoms with Crippen molar-refractivity contribution in [2.45, 2.75) is 26.9 Å². The summed E-state index contributed by atoms with van der Waals surface area (Å²) in [5.74, 6) is 1.48. The van der Waals surface area contributed by atoms with E-state index in [-0.39, 0.29) is 6.10 Å². The zero-order chi connectivity index (χ0) is 18.3. The molecule has 0 aliphatic carbocycles. The summed E-state index contributed by atoms with van der Waals surface area (Å²) in [6.45, 7) is 5.93. The summed E-state index contributed by atoms with van der Waals surface area (Å²) in [5, 5.41) is 5.64. The monoisotopic (exact) mass is 368 g/mol. The van der Waals surface area contributed by atoms with E-state index in [0.29, 0.717) is 22.5 Å². The van der Waals surface area contributed by atoms with Gasteiger partial charge in [-0.3, -0.25) is 0 Å². The van der Waals surface area contributed by atoms with E-state index in [2.05, 4.69) is 10.1 Å². The molecule has 2 aromatic carbocycles. The van der Waals surface area contributed by atoms with Crippen molar-refractivity contribution in [3.05, 3.63) is 53.2 Å². The predicted molar refractivity (Wildman–Crippen MR) is 100 cm³/mol. The Hall–Kier alpha value is -2.79. The second kappa shape index (κ2) is 6.50. The first-order valence-electron chi connectivity index (χ1n) is 8.30. The van der Waals surface area contributed by atoms with Crippen LogP contribution >= 0.6 is 11.6 Å². The van der Waals surface area contributed by atoms with Gasteiger partial charge in [0, 0.05) is 10.9 Å². The highest BCUT2D eigenvalue weighted by Crippen LogP contribution is 2.33. The van der Waals surface area contributed by atoms with Crippen LogP contribution in [0.2, 0.25) is 5.02 Å². The molecule has 5 nitrogen and oxygen atoms in total. The lowest BCUT2D eigenvalue weighted by atomic mass is 10.1. The Morgan fingerprint density at radius 2 is 1.96 bits per heavy atom. The van der Waals surface area contributed by atoms with E-state index in [0.717, 1.165) is 27.7 Å². The largest absolute Gasteiger partial charge is 0.489 e. The molecule has 0 unspecified atom stereocenters. The number of ether oxygens (including phenoxy) is 1. The zero-order valence-corrected chi connectivity index (χ0v) is 15.4. The van der Waals surface area contributed by atoms with Gasteiger partial charge in [0.25, 0.3) is 5.89 Å². The summed E-state index contributed by atoms with van der Waals surface area (Å²) in [6, 6.07) is 11.3. The van der Waals surface area contributed by atoms with E-state index < -0.39 is 0 Å². The maximum atomic E-state index is 6.30. The number of hydrogen-bond donors (Lipinski definition) is 0. The van der Waals surface area contributed by atoms with Crippen LogP contribution in [0.5, 0.6) is 5.75 Å². The average Bonchev–Trinajstić information content (AvgIpc) is 3.26. The molecule has 6 heteroatoms. The van der Waals surface area contributed by atoms with Gasteiger partial charge in [0.2, 0.25) is 5.82 Å². The maximum Gasteiger partial charge on any atom is 0.258 e. The molecule has 0 fully saturated rings. The standard InChI is InChI=1S/C20H17ClN2O3/c1-11(2)25-17-7-5-13(10-16(17)21)20-22-19(23-26-20)15-6-4-12(3)14-8-9-24-18(14)15/h4-11H,1-3H3. The number of aryl methyl sites for hydroxylation is 1. The summed E-state index contributed by atoms with van der Waals surface area (Å²) in [6.07, 6.45) is 1.71. The van der Waals surface area contributed by atoms with Crippen LogP contribution in [0.4, 0.5) is 0 Å². The van der Waals surface area contributed by atoms with E-state index in [4.69, 9.17) is 25.3 Å². The molecule has 2 heterocycles. The molecule has 0 aliphatic heterocycles. The molecular weight excluding hydrogens is 352 g/mol. The molecule has 4 aromatic rings. The minimum atomic E-state index is 0.0469. The van der Waals surface area contributed by atoms with E-state index >= 15 is 0 Å². The molecule has 0 saturated heterocycles. The van der Waals surface area contributed by atoms with Crippen molar-refractivity contribution in [1.82, 2.24) is 10.1 Å². The van der Waals surface area contributed by atoms with Gasteiger partial charge in [0.05, 0.1) is 23.0 Å². The Morgan fingerprint density at radius 3 is 2.73 bits per heavy atom. The first-order chi connectivity index (χ1) is 12.5. The van der Waals surface area contributed by atoms with Crippen molar-refractivity contribution in [1.29, 1.82) is 0 Å². The van der Waals surface area contributed by atoms with Crippen LogP contribution in [0.15, 0.2) is 51.6 Å². The number of benzene rings is 2. The topological polar surface area (TPSA) is 61.3 Å².